The van der Waals surface area contributed by atoms with E-state index in [2.05, 4.69) is 17.2 Å². The van der Waals surface area contributed by atoms with E-state index in [4.69, 9.17) is 0 Å². The fraction of sp³-hybridized carbons (Fsp3) is 0.643. The predicted octanol–water partition coefficient (Wildman–Crippen LogP) is 5.20. The van der Waals surface area contributed by atoms with Gasteiger partial charge in [0.05, 0.1) is 10.6 Å². The van der Waals surface area contributed by atoms with E-state index < -0.39 is 11.7 Å². The molecular formula is C14H21F3N2S. The third-order valence-electron chi connectivity index (χ3n) is 2.68. The van der Waals surface area contributed by atoms with Crippen molar-refractivity contribution in [2.75, 3.05) is 17.6 Å². The smallest absolute Gasteiger partial charge is 0.370 e. The van der Waals surface area contributed by atoms with Crippen LogP contribution >= 0.6 is 11.8 Å². The van der Waals surface area contributed by atoms with Crippen LogP contribution in [0.3, 0.4) is 0 Å². The number of thioether (sulfide) groups is 1. The second kappa shape index (κ2) is 8.39. The van der Waals surface area contributed by atoms with Crippen molar-refractivity contribution in [2.24, 2.45) is 0 Å². The molecule has 0 radical (unpaired) electrons. The largest absolute Gasteiger partial charge is 0.416 e. The summed E-state index contributed by atoms with van der Waals surface area (Å²) in [5.41, 5.74) is -0.635. The second-order valence-corrected chi connectivity index (χ2v) is 5.67. The summed E-state index contributed by atoms with van der Waals surface area (Å²) in [6, 6.07) is 2.21. The Morgan fingerprint density at radius 2 is 1.90 bits per heavy atom. The highest BCUT2D eigenvalue weighted by molar-refractivity contribution is 7.99. The van der Waals surface area contributed by atoms with Crippen LogP contribution in [0.1, 0.15) is 45.1 Å². The number of nitrogens with zero attached hydrogens (tertiary/aromatic N) is 1. The molecule has 6 heteroatoms. The van der Waals surface area contributed by atoms with E-state index in [1.165, 1.54) is 11.8 Å². The molecule has 20 heavy (non-hydrogen) atoms. The molecule has 0 spiro atoms. The summed E-state index contributed by atoms with van der Waals surface area (Å²) in [5.74, 6) is 1.11. The Labute approximate surface area is 122 Å². The third-order valence-corrected chi connectivity index (χ3v) is 3.68. The molecule has 0 amide bonds. The van der Waals surface area contributed by atoms with Crippen LogP contribution in [0.4, 0.5) is 19.0 Å². The molecule has 114 valence electrons. The van der Waals surface area contributed by atoms with Crippen LogP contribution < -0.4 is 5.32 Å². The number of anilines is 1. The number of rotatable bonds is 8. The van der Waals surface area contributed by atoms with Gasteiger partial charge in [0.15, 0.2) is 0 Å². The average Bonchev–Trinajstić information content (AvgIpc) is 2.40. The van der Waals surface area contributed by atoms with E-state index in [0.29, 0.717) is 17.4 Å². The van der Waals surface area contributed by atoms with Gasteiger partial charge in [0.2, 0.25) is 0 Å². The van der Waals surface area contributed by atoms with Gasteiger partial charge in [0, 0.05) is 6.54 Å². The number of unbranched alkanes of at least 4 members (excludes halogenated alkanes) is 2. The normalized spacial score (nSPS) is 11.7. The van der Waals surface area contributed by atoms with Crippen LogP contribution in [-0.2, 0) is 6.18 Å². The first-order chi connectivity index (χ1) is 9.47. The Bertz CT molecular complexity index is 408. The topological polar surface area (TPSA) is 24.9 Å². The minimum atomic E-state index is -4.33. The molecule has 0 saturated heterocycles. The van der Waals surface area contributed by atoms with Gasteiger partial charge in [-0.3, -0.25) is 0 Å². The first-order valence-electron chi connectivity index (χ1n) is 6.93. The molecule has 0 aliphatic rings. The summed E-state index contributed by atoms with van der Waals surface area (Å²) >= 11 is 1.39. The van der Waals surface area contributed by atoms with Gasteiger partial charge in [-0.15, -0.1) is 11.8 Å². The molecule has 1 N–H and O–H groups in total. The number of alkyl halides is 3. The number of hydrogen-bond donors (Lipinski definition) is 1. The summed E-state index contributed by atoms with van der Waals surface area (Å²) in [4.78, 5) is 4.23. The van der Waals surface area contributed by atoms with Crippen LogP contribution in [-0.4, -0.2) is 17.3 Å². The van der Waals surface area contributed by atoms with Gasteiger partial charge in [0.25, 0.3) is 0 Å². The SMILES string of the molecule is CCCCCSc1cc(C(F)(F)F)cc(NCCC)n1. The molecule has 0 fully saturated rings. The third kappa shape index (κ3) is 6.03. The highest BCUT2D eigenvalue weighted by atomic mass is 32.2. The van der Waals surface area contributed by atoms with Crippen molar-refractivity contribution in [3.63, 3.8) is 0 Å². The van der Waals surface area contributed by atoms with Crippen molar-refractivity contribution < 1.29 is 13.2 Å². The fourth-order valence-corrected chi connectivity index (χ4v) is 2.55. The first-order valence-corrected chi connectivity index (χ1v) is 7.92. The maximum Gasteiger partial charge on any atom is 0.416 e. The minimum absolute atomic E-state index is 0.305. The minimum Gasteiger partial charge on any atom is -0.370 e. The molecule has 0 aromatic carbocycles. The van der Waals surface area contributed by atoms with Crippen molar-refractivity contribution in [2.45, 2.75) is 50.7 Å². The lowest BCUT2D eigenvalue weighted by molar-refractivity contribution is -0.137. The van der Waals surface area contributed by atoms with E-state index in [-0.39, 0.29) is 0 Å². The highest BCUT2D eigenvalue weighted by Gasteiger charge is 2.31. The number of hydrogen-bond acceptors (Lipinski definition) is 3. The van der Waals surface area contributed by atoms with E-state index in [9.17, 15) is 13.2 Å². The second-order valence-electron chi connectivity index (χ2n) is 4.56. The molecule has 1 rings (SSSR count). The average molecular weight is 306 g/mol. The highest BCUT2D eigenvalue weighted by Crippen LogP contribution is 2.33. The summed E-state index contributed by atoms with van der Waals surface area (Å²) < 4.78 is 38.5. The first kappa shape index (κ1) is 17.1. The molecule has 0 aliphatic carbocycles. The number of halogens is 3. The van der Waals surface area contributed by atoms with E-state index >= 15 is 0 Å². The molecular weight excluding hydrogens is 285 g/mol. The molecule has 2 nitrogen and oxygen atoms in total. The molecule has 0 atom stereocenters. The quantitative estimate of drug-likeness (QED) is 0.527. The van der Waals surface area contributed by atoms with E-state index in [1.54, 1.807) is 0 Å². The number of pyridine rings is 1. The van der Waals surface area contributed by atoms with Gasteiger partial charge in [0.1, 0.15) is 5.82 Å². The maximum absolute atomic E-state index is 12.8. The van der Waals surface area contributed by atoms with Crippen molar-refractivity contribution in [3.05, 3.63) is 17.7 Å². The molecule has 1 aromatic rings. The zero-order valence-electron chi connectivity index (χ0n) is 11.9. The Hall–Kier alpha value is -0.910. The van der Waals surface area contributed by atoms with Crippen LogP contribution in [0, 0.1) is 0 Å². The molecule has 1 heterocycles. The zero-order chi connectivity index (χ0) is 15.0. The van der Waals surface area contributed by atoms with Crippen molar-refractivity contribution >= 4 is 17.6 Å². The van der Waals surface area contributed by atoms with Crippen molar-refractivity contribution in [3.8, 4) is 0 Å². The van der Waals surface area contributed by atoms with E-state index in [1.807, 2.05) is 6.92 Å². The molecule has 0 saturated carbocycles. The Kier molecular flexibility index (Phi) is 7.19. The molecule has 1 aromatic heterocycles. The fourth-order valence-electron chi connectivity index (χ4n) is 1.62. The summed E-state index contributed by atoms with van der Waals surface area (Å²) in [5, 5.41) is 3.36. The monoisotopic (exact) mass is 306 g/mol. The lowest BCUT2D eigenvalue weighted by Gasteiger charge is -2.12. The lowest BCUT2D eigenvalue weighted by Crippen LogP contribution is -2.09. The van der Waals surface area contributed by atoms with Gasteiger partial charge in [-0.05, 0) is 30.7 Å². The zero-order valence-corrected chi connectivity index (χ0v) is 12.7. The summed E-state index contributed by atoms with van der Waals surface area (Å²) in [6.07, 6.45) is -0.301. The maximum atomic E-state index is 12.8. The predicted molar refractivity (Wildman–Crippen MR) is 78.3 cm³/mol. The van der Waals surface area contributed by atoms with E-state index in [0.717, 1.165) is 43.6 Å². The van der Waals surface area contributed by atoms with Crippen molar-refractivity contribution in [1.82, 2.24) is 4.98 Å². The van der Waals surface area contributed by atoms with Crippen molar-refractivity contribution in [1.29, 1.82) is 0 Å². The van der Waals surface area contributed by atoms with Gasteiger partial charge < -0.3 is 5.32 Å². The Morgan fingerprint density at radius 1 is 1.15 bits per heavy atom. The summed E-state index contributed by atoms with van der Waals surface area (Å²) in [6.45, 7) is 4.68. The standard InChI is InChI=1S/C14H21F3N2S/c1-3-5-6-8-20-13-10-11(14(15,16)17)9-12(19-13)18-7-4-2/h9-10H,3-8H2,1-2H3,(H,18,19). The van der Waals surface area contributed by atoms with Gasteiger partial charge in [-0.25, -0.2) is 4.98 Å². The number of aromatic nitrogens is 1. The molecule has 0 bridgehead atoms. The Balaban J connectivity index is 2.80. The van der Waals surface area contributed by atoms with Crippen LogP contribution in [0.5, 0.6) is 0 Å². The van der Waals surface area contributed by atoms with Crippen LogP contribution in [0.2, 0.25) is 0 Å². The number of nitrogens with one attached hydrogen (secondary N) is 1. The lowest BCUT2D eigenvalue weighted by atomic mass is 10.2. The van der Waals surface area contributed by atoms with Gasteiger partial charge in [-0.2, -0.15) is 13.2 Å². The van der Waals surface area contributed by atoms with Crippen LogP contribution in [0.15, 0.2) is 17.2 Å². The van der Waals surface area contributed by atoms with Crippen LogP contribution in [0.25, 0.3) is 0 Å². The Morgan fingerprint density at radius 3 is 2.50 bits per heavy atom. The van der Waals surface area contributed by atoms with Gasteiger partial charge >= 0.3 is 6.18 Å². The molecule has 0 aliphatic heterocycles. The van der Waals surface area contributed by atoms with Gasteiger partial charge in [-0.1, -0.05) is 26.7 Å². The summed E-state index contributed by atoms with van der Waals surface area (Å²) in [7, 11) is 0. The molecule has 0 unspecified atom stereocenters.